The number of hydrogen-bond donors (Lipinski definition) is 1. The third-order valence-corrected chi connectivity index (χ3v) is 6.04. The predicted octanol–water partition coefficient (Wildman–Crippen LogP) is 4.36. The normalized spacial score (nSPS) is 14.7. The highest BCUT2D eigenvalue weighted by atomic mass is 19.4. The molecule has 0 atom stereocenters. The maximum atomic E-state index is 12.9. The van der Waals surface area contributed by atoms with Crippen LogP contribution in [-0.4, -0.2) is 52.8 Å². The first-order valence-corrected chi connectivity index (χ1v) is 11.6. The van der Waals surface area contributed by atoms with E-state index in [0.29, 0.717) is 23.5 Å². The van der Waals surface area contributed by atoms with Crippen LogP contribution in [0.25, 0.3) is 22.3 Å². The van der Waals surface area contributed by atoms with Gasteiger partial charge in [0.05, 0.1) is 17.5 Å². The number of likely N-dealkylation sites (tertiary alicyclic amines) is 1. The molecule has 1 aliphatic rings. The second kappa shape index (κ2) is 10.5. The number of rotatable bonds is 7. The Morgan fingerprint density at radius 2 is 1.80 bits per heavy atom. The average Bonchev–Trinajstić information content (AvgIpc) is 2.85. The lowest BCUT2D eigenvalue weighted by Crippen LogP contribution is -2.31. The molecule has 10 heteroatoms. The van der Waals surface area contributed by atoms with Crippen molar-refractivity contribution in [2.75, 3.05) is 31.6 Å². The number of nitrogens with one attached hydrogen (secondary N) is 1. The first-order chi connectivity index (χ1) is 16.7. The van der Waals surface area contributed by atoms with Crippen LogP contribution in [0.15, 0.2) is 47.3 Å². The van der Waals surface area contributed by atoms with Gasteiger partial charge in [0.25, 0.3) is 5.56 Å². The van der Waals surface area contributed by atoms with E-state index in [9.17, 15) is 22.8 Å². The summed E-state index contributed by atoms with van der Waals surface area (Å²) in [5.41, 5.74) is 0.437. The number of ether oxygens (including phenoxy) is 1. The lowest BCUT2D eigenvalue weighted by Gasteiger charge is -2.26. The van der Waals surface area contributed by atoms with Crippen molar-refractivity contribution in [2.45, 2.75) is 31.9 Å². The van der Waals surface area contributed by atoms with Crippen molar-refractivity contribution in [2.24, 2.45) is 7.05 Å². The highest BCUT2D eigenvalue weighted by Crippen LogP contribution is 2.24. The molecule has 4 rings (SSSR count). The number of fused-ring (bicyclic) bond motifs is 1. The van der Waals surface area contributed by atoms with Crippen LogP contribution in [0.3, 0.4) is 0 Å². The van der Waals surface area contributed by atoms with Crippen LogP contribution in [0.1, 0.15) is 25.7 Å². The van der Waals surface area contributed by atoms with E-state index >= 15 is 0 Å². The number of alkyl halides is 3. The van der Waals surface area contributed by atoms with E-state index in [1.807, 2.05) is 24.3 Å². The molecule has 2 aromatic carbocycles. The largest absolute Gasteiger partial charge is 0.494 e. The summed E-state index contributed by atoms with van der Waals surface area (Å²) in [5.74, 6) is -0.971. The fourth-order valence-electron chi connectivity index (χ4n) is 4.17. The number of nitrogens with zero attached hydrogens (tertiary/aromatic N) is 3. The van der Waals surface area contributed by atoms with Gasteiger partial charge in [-0.1, -0.05) is 6.42 Å². The van der Waals surface area contributed by atoms with Gasteiger partial charge in [0.15, 0.2) is 0 Å². The zero-order valence-corrected chi connectivity index (χ0v) is 19.4. The number of piperidine rings is 1. The van der Waals surface area contributed by atoms with E-state index in [4.69, 9.17) is 4.74 Å². The Bertz CT molecular complexity index is 1250. The standard InChI is InChI=1S/C25H27F3N4O3/c1-31-22(17-6-9-19(10-7-17)35-15-5-14-32-12-3-2-4-13-32)30-21-11-8-18(16-20(21)23(31)33)29-24(34)25(26,27)28/h6-11,16H,2-5,12-15H2,1H3,(H,29,34). The van der Waals surface area contributed by atoms with Crippen LogP contribution < -0.4 is 15.6 Å². The van der Waals surface area contributed by atoms with E-state index in [-0.39, 0.29) is 11.1 Å². The molecule has 2 heterocycles. The minimum atomic E-state index is -5.02. The topological polar surface area (TPSA) is 76.5 Å². The van der Waals surface area contributed by atoms with Gasteiger partial charge in [0, 0.05) is 24.8 Å². The molecule has 7 nitrogen and oxygen atoms in total. The molecule has 1 N–H and O–H groups in total. The van der Waals surface area contributed by atoms with Gasteiger partial charge in [-0.05, 0) is 74.8 Å². The molecule has 35 heavy (non-hydrogen) atoms. The first-order valence-electron chi connectivity index (χ1n) is 11.6. The summed E-state index contributed by atoms with van der Waals surface area (Å²) >= 11 is 0. The molecular weight excluding hydrogens is 461 g/mol. The van der Waals surface area contributed by atoms with E-state index in [1.165, 1.54) is 49.1 Å². The molecule has 1 aliphatic heterocycles. The third-order valence-electron chi connectivity index (χ3n) is 6.04. The zero-order valence-electron chi connectivity index (χ0n) is 19.4. The van der Waals surface area contributed by atoms with Gasteiger partial charge < -0.3 is 15.0 Å². The van der Waals surface area contributed by atoms with Crippen LogP contribution in [0.2, 0.25) is 0 Å². The van der Waals surface area contributed by atoms with Crippen molar-refractivity contribution in [1.82, 2.24) is 14.5 Å². The van der Waals surface area contributed by atoms with E-state index in [0.717, 1.165) is 31.8 Å². The second-order valence-corrected chi connectivity index (χ2v) is 8.61. The van der Waals surface area contributed by atoms with Crippen LogP contribution in [-0.2, 0) is 11.8 Å². The van der Waals surface area contributed by atoms with Gasteiger partial charge in [-0.25, -0.2) is 4.98 Å². The van der Waals surface area contributed by atoms with E-state index in [1.54, 1.807) is 5.32 Å². The number of halogens is 3. The Kier molecular flexibility index (Phi) is 7.39. The van der Waals surface area contributed by atoms with Crippen LogP contribution in [0.5, 0.6) is 5.75 Å². The smallest absolute Gasteiger partial charge is 0.471 e. The van der Waals surface area contributed by atoms with Crippen LogP contribution in [0, 0.1) is 0 Å². The van der Waals surface area contributed by atoms with Crippen molar-refractivity contribution >= 4 is 22.5 Å². The summed E-state index contributed by atoms with van der Waals surface area (Å²) in [6, 6.07) is 11.1. The Morgan fingerprint density at radius 1 is 1.09 bits per heavy atom. The summed E-state index contributed by atoms with van der Waals surface area (Å²) in [6.07, 6.45) is -0.218. The minimum absolute atomic E-state index is 0.102. The Morgan fingerprint density at radius 3 is 2.49 bits per heavy atom. The van der Waals surface area contributed by atoms with Crippen molar-refractivity contribution in [1.29, 1.82) is 0 Å². The van der Waals surface area contributed by atoms with E-state index < -0.39 is 17.6 Å². The van der Waals surface area contributed by atoms with Gasteiger partial charge in [-0.2, -0.15) is 13.2 Å². The second-order valence-electron chi connectivity index (χ2n) is 8.61. The molecule has 3 aromatic rings. The molecule has 1 amide bonds. The monoisotopic (exact) mass is 488 g/mol. The number of amides is 1. The Balaban J connectivity index is 1.45. The molecule has 0 aliphatic carbocycles. The Labute approximate surface area is 200 Å². The molecule has 0 saturated carbocycles. The van der Waals surface area contributed by atoms with Gasteiger partial charge in [-0.3, -0.25) is 14.2 Å². The lowest BCUT2D eigenvalue weighted by molar-refractivity contribution is -0.167. The molecule has 0 bridgehead atoms. The van der Waals surface area contributed by atoms with E-state index in [2.05, 4.69) is 9.88 Å². The molecule has 1 aromatic heterocycles. The molecule has 0 unspecified atom stereocenters. The number of aromatic nitrogens is 2. The number of carbonyl (C=O) groups excluding carboxylic acids is 1. The van der Waals surface area contributed by atoms with Gasteiger partial charge in [0.1, 0.15) is 11.6 Å². The quantitative estimate of drug-likeness (QED) is 0.501. The molecule has 0 spiro atoms. The zero-order chi connectivity index (χ0) is 25.0. The predicted molar refractivity (Wildman–Crippen MR) is 128 cm³/mol. The molecule has 186 valence electrons. The van der Waals surface area contributed by atoms with Gasteiger partial charge >= 0.3 is 12.1 Å². The van der Waals surface area contributed by atoms with Crippen molar-refractivity contribution in [3.8, 4) is 17.1 Å². The average molecular weight is 489 g/mol. The van der Waals surface area contributed by atoms with Gasteiger partial charge in [0.2, 0.25) is 0 Å². The number of anilines is 1. The molecule has 0 radical (unpaired) electrons. The third kappa shape index (κ3) is 6.00. The highest BCUT2D eigenvalue weighted by Gasteiger charge is 2.38. The molecule has 1 saturated heterocycles. The van der Waals surface area contributed by atoms with Crippen molar-refractivity contribution in [3.05, 3.63) is 52.8 Å². The van der Waals surface area contributed by atoms with Gasteiger partial charge in [-0.15, -0.1) is 0 Å². The summed E-state index contributed by atoms with van der Waals surface area (Å²) in [6.45, 7) is 3.98. The highest BCUT2D eigenvalue weighted by molar-refractivity contribution is 5.96. The SMILES string of the molecule is Cn1c(-c2ccc(OCCCN3CCCCC3)cc2)nc2ccc(NC(=O)C(F)(F)F)cc2c1=O. The summed E-state index contributed by atoms with van der Waals surface area (Å²) in [4.78, 5) is 31.1. The number of hydrogen-bond acceptors (Lipinski definition) is 5. The minimum Gasteiger partial charge on any atom is -0.494 e. The summed E-state index contributed by atoms with van der Waals surface area (Å²) in [5, 5.41) is 1.86. The van der Waals surface area contributed by atoms with Crippen LogP contribution in [0.4, 0.5) is 18.9 Å². The first kappa shape index (κ1) is 24.7. The maximum Gasteiger partial charge on any atom is 0.471 e. The summed E-state index contributed by atoms with van der Waals surface area (Å²) in [7, 11) is 1.54. The fraction of sp³-hybridized carbons (Fsp3) is 0.400. The molecular formula is C25H27F3N4O3. The van der Waals surface area contributed by atoms with Crippen LogP contribution >= 0.6 is 0 Å². The van der Waals surface area contributed by atoms with Crippen molar-refractivity contribution < 1.29 is 22.7 Å². The maximum absolute atomic E-state index is 12.9. The number of benzene rings is 2. The molecule has 1 fully saturated rings. The lowest BCUT2D eigenvalue weighted by atomic mass is 10.1. The van der Waals surface area contributed by atoms with Crippen molar-refractivity contribution in [3.63, 3.8) is 0 Å². The number of carbonyl (C=O) groups is 1. The Hall–Kier alpha value is -3.40. The summed E-state index contributed by atoms with van der Waals surface area (Å²) < 4.78 is 44.7. The fourth-order valence-corrected chi connectivity index (χ4v) is 4.17.